The van der Waals surface area contributed by atoms with E-state index < -0.39 is 5.91 Å². The molecule has 0 aliphatic heterocycles. The van der Waals surface area contributed by atoms with Crippen molar-refractivity contribution in [3.05, 3.63) is 54.0 Å². The monoisotopic (exact) mass is 353 g/mol. The Balaban J connectivity index is 1.63. The summed E-state index contributed by atoms with van der Waals surface area (Å²) in [5, 5.41) is 7.10. The predicted molar refractivity (Wildman–Crippen MR) is 100 cm³/mol. The Hall–Kier alpha value is -2.89. The third-order valence-electron chi connectivity index (χ3n) is 4.59. The Bertz CT molecular complexity index is 790. The summed E-state index contributed by atoms with van der Waals surface area (Å²) in [5.41, 5.74) is 4.67. The summed E-state index contributed by atoms with van der Waals surface area (Å²) in [4.78, 5) is 24.2. The van der Waals surface area contributed by atoms with Gasteiger partial charge in [-0.2, -0.15) is 5.10 Å². The van der Waals surface area contributed by atoms with Crippen LogP contribution in [0.25, 0.3) is 0 Å². The number of carbonyl (C=O) groups is 2. The van der Waals surface area contributed by atoms with Crippen molar-refractivity contribution in [1.29, 1.82) is 0 Å². The van der Waals surface area contributed by atoms with Crippen molar-refractivity contribution in [3.8, 4) is 0 Å². The number of rotatable bonds is 5. The number of carbonyl (C=O) groups excluding carboxylic acids is 2. The lowest BCUT2D eigenvalue weighted by molar-refractivity contribution is -0.120. The second-order valence-electron chi connectivity index (χ2n) is 6.52. The smallest absolute Gasteiger partial charge is 0.307 e. The van der Waals surface area contributed by atoms with Gasteiger partial charge in [-0.15, -0.1) is 0 Å². The molecule has 1 aromatic heterocycles. The van der Waals surface area contributed by atoms with Gasteiger partial charge in [-0.05, 0) is 49.6 Å². The van der Waals surface area contributed by atoms with Crippen LogP contribution < -0.4 is 10.7 Å². The second-order valence-corrected chi connectivity index (χ2v) is 6.52. The van der Waals surface area contributed by atoms with Crippen LogP contribution in [-0.4, -0.2) is 17.5 Å². The number of hydrogen-bond donors (Lipinski definition) is 2. The van der Waals surface area contributed by atoms with E-state index in [1.165, 1.54) is 12.7 Å². The van der Waals surface area contributed by atoms with Gasteiger partial charge >= 0.3 is 5.91 Å². The zero-order valence-electron chi connectivity index (χ0n) is 14.8. The molecule has 1 aromatic carbocycles. The molecule has 0 atom stereocenters. The highest BCUT2D eigenvalue weighted by Crippen LogP contribution is 2.25. The summed E-state index contributed by atoms with van der Waals surface area (Å²) in [6.45, 7) is 1.80. The maximum atomic E-state index is 12.4. The first-order valence-electron chi connectivity index (χ1n) is 8.93. The van der Waals surface area contributed by atoms with Crippen LogP contribution in [0.5, 0.6) is 0 Å². The third-order valence-corrected chi connectivity index (χ3v) is 4.59. The van der Waals surface area contributed by atoms with E-state index in [0.29, 0.717) is 5.71 Å². The van der Waals surface area contributed by atoms with Crippen LogP contribution in [0, 0.1) is 5.92 Å². The highest BCUT2D eigenvalue weighted by Gasteiger charge is 2.21. The number of nitrogens with zero attached hydrogens (tertiary/aromatic N) is 1. The van der Waals surface area contributed by atoms with Gasteiger partial charge in [0.15, 0.2) is 5.76 Å². The number of hydrazone groups is 1. The molecule has 0 bridgehead atoms. The molecule has 2 N–H and O–H groups in total. The number of anilines is 1. The van der Waals surface area contributed by atoms with Gasteiger partial charge in [-0.1, -0.05) is 31.4 Å². The van der Waals surface area contributed by atoms with Crippen LogP contribution in [0.3, 0.4) is 0 Å². The molecule has 6 heteroatoms. The van der Waals surface area contributed by atoms with Gasteiger partial charge in [0.05, 0.1) is 12.0 Å². The first-order chi connectivity index (χ1) is 12.6. The SMILES string of the molecule is C/C(=N\NC(=O)c1ccco1)c1cccc(NC(=O)C2CCCCC2)c1. The molecular weight excluding hydrogens is 330 g/mol. The van der Waals surface area contributed by atoms with Gasteiger partial charge in [0.25, 0.3) is 0 Å². The van der Waals surface area contributed by atoms with Crippen molar-refractivity contribution in [2.45, 2.75) is 39.0 Å². The first kappa shape index (κ1) is 17.9. The fraction of sp³-hybridized carbons (Fsp3) is 0.350. The van der Waals surface area contributed by atoms with Crippen molar-refractivity contribution in [3.63, 3.8) is 0 Å². The molecule has 136 valence electrons. The van der Waals surface area contributed by atoms with Crippen LogP contribution in [-0.2, 0) is 4.79 Å². The molecule has 0 unspecified atom stereocenters. The fourth-order valence-electron chi connectivity index (χ4n) is 3.09. The van der Waals surface area contributed by atoms with Crippen LogP contribution >= 0.6 is 0 Å². The van der Waals surface area contributed by atoms with Gasteiger partial charge in [-0.25, -0.2) is 5.43 Å². The molecule has 2 aromatic rings. The lowest BCUT2D eigenvalue weighted by Gasteiger charge is -2.20. The zero-order chi connectivity index (χ0) is 18.4. The normalized spacial score (nSPS) is 15.5. The summed E-state index contributed by atoms with van der Waals surface area (Å²) in [6, 6.07) is 10.7. The molecule has 1 saturated carbocycles. The molecule has 0 radical (unpaired) electrons. The number of nitrogens with one attached hydrogen (secondary N) is 2. The molecule has 6 nitrogen and oxygen atoms in total. The molecule has 1 heterocycles. The Morgan fingerprint density at radius 3 is 2.65 bits per heavy atom. The lowest BCUT2D eigenvalue weighted by atomic mass is 9.88. The van der Waals surface area contributed by atoms with Crippen molar-refractivity contribution < 1.29 is 14.0 Å². The van der Waals surface area contributed by atoms with E-state index in [1.807, 2.05) is 24.3 Å². The summed E-state index contributed by atoms with van der Waals surface area (Å²) >= 11 is 0. The van der Waals surface area contributed by atoms with E-state index in [1.54, 1.807) is 19.1 Å². The first-order valence-corrected chi connectivity index (χ1v) is 8.93. The maximum absolute atomic E-state index is 12.4. The Morgan fingerprint density at radius 2 is 1.92 bits per heavy atom. The summed E-state index contributed by atoms with van der Waals surface area (Å²) in [7, 11) is 0. The zero-order valence-corrected chi connectivity index (χ0v) is 14.8. The van der Waals surface area contributed by atoms with Crippen molar-refractivity contribution in [2.75, 3.05) is 5.32 Å². The molecule has 1 aliphatic carbocycles. The Kier molecular flexibility index (Phi) is 5.84. The minimum atomic E-state index is -0.406. The van der Waals surface area contributed by atoms with Gasteiger partial charge in [0.2, 0.25) is 5.91 Å². The van der Waals surface area contributed by atoms with Crippen LogP contribution in [0.15, 0.2) is 52.2 Å². The summed E-state index contributed by atoms with van der Waals surface area (Å²) in [5.74, 6) is -0.0107. The summed E-state index contributed by atoms with van der Waals surface area (Å²) < 4.78 is 5.02. The minimum Gasteiger partial charge on any atom is -0.459 e. The predicted octanol–water partition coefficient (Wildman–Crippen LogP) is 3.95. The molecule has 0 saturated heterocycles. The number of furan rings is 1. The minimum absolute atomic E-state index is 0.0857. The molecule has 3 rings (SSSR count). The van der Waals surface area contributed by atoms with E-state index in [-0.39, 0.29) is 17.6 Å². The molecular formula is C20H23N3O3. The highest BCUT2D eigenvalue weighted by molar-refractivity contribution is 6.02. The van der Waals surface area contributed by atoms with E-state index in [2.05, 4.69) is 15.8 Å². The van der Waals surface area contributed by atoms with Crippen molar-refractivity contribution in [2.24, 2.45) is 11.0 Å². The quantitative estimate of drug-likeness (QED) is 0.630. The summed E-state index contributed by atoms with van der Waals surface area (Å²) in [6.07, 6.45) is 6.83. The van der Waals surface area contributed by atoms with Crippen molar-refractivity contribution >= 4 is 23.2 Å². The lowest BCUT2D eigenvalue weighted by Crippen LogP contribution is -2.24. The van der Waals surface area contributed by atoms with E-state index in [0.717, 1.165) is 36.9 Å². The number of benzene rings is 1. The largest absolute Gasteiger partial charge is 0.459 e. The number of amides is 2. The highest BCUT2D eigenvalue weighted by atomic mass is 16.3. The average molecular weight is 353 g/mol. The Morgan fingerprint density at radius 1 is 1.12 bits per heavy atom. The second kappa shape index (κ2) is 8.47. The standard InChI is InChI=1S/C20H23N3O3/c1-14(22-23-20(25)18-11-6-12-26-18)16-9-5-10-17(13-16)21-19(24)15-7-3-2-4-8-15/h5-6,9-13,15H,2-4,7-8H2,1H3,(H,21,24)(H,23,25)/b22-14+. The van der Waals surface area contributed by atoms with Crippen molar-refractivity contribution in [1.82, 2.24) is 5.43 Å². The van der Waals surface area contributed by atoms with Gasteiger partial charge in [0, 0.05) is 11.6 Å². The van der Waals surface area contributed by atoms with Crippen LogP contribution in [0.1, 0.15) is 55.1 Å². The van der Waals surface area contributed by atoms with E-state index in [4.69, 9.17) is 4.42 Å². The van der Waals surface area contributed by atoms with E-state index >= 15 is 0 Å². The van der Waals surface area contributed by atoms with Crippen LogP contribution in [0.4, 0.5) is 5.69 Å². The molecule has 1 aliphatic rings. The third kappa shape index (κ3) is 4.59. The Labute approximate surface area is 152 Å². The molecule has 1 fully saturated rings. The molecule has 0 spiro atoms. The average Bonchev–Trinajstić information content (AvgIpc) is 3.21. The van der Waals surface area contributed by atoms with Gasteiger partial charge < -0.3 is 9.73 Å². The number of hydrogen-bond acceptors (Lipinski definition) is 4. The van der Waals surface area contributed by atoms with Gasteiger partial charge in [-0.3, -0.25) is 9.59 Å². The van der Waals surface area contributed by atoms with Gasteiger partial charge in [0.1, 0.15) is 0 Å². The van der Waals surface area contributed by atoms with Crippen LogP contribution in [0.2, 0.25) is 0 Å². The molecule has 26 heavy (non-hydrogen) atoms. The van der Waals surface area contributed by atoms with E-state index in [9.17, 15) is 9.59 Å². The molecule has 2 amide bonds. The topological polar surface area (TPSA) is 83.7 Å². The fourth-order valence-corrected chi connectivity index (χ4v) is 3.09. The maximum Gasteiger partial charge on any atom is 0.307 e.